The van der Waals surface area contributed by atoms with Gasteiger partial charge in [-0.1, -0.05) is 48.5 Å². The van der Waals surface area contributed by atoms with E-state index in [1.165, 1.54) is 0 Å². The molecule has 0 aliphatic carbocycles. The minimum atomic E-state index is -1.04. The van der Waals surface area contributed by atoms with Crippen molar-refractivity contribution in [3.63, 3.8) is 0 Å². The van der Waals surface area contributed by atoms with Gasteiger partial charge in [-0.2, -0.15) is 0 Å². The number of aryl methyl sites for hydroxylation is 2. The second-order valence-electron chi connectivity index (χ2n) is 5.42. The van der Waals surface area contributed by atoms with Crippen LogP contribution >= 0.6 is 0 Å². The molecule has 3 heteroatoms. The van der Waals surface area contributed by atoms with Crippen LogP contribution in [0.15, 0.2) is 48.5 Å². The molecule has 0 aliphatic rings. The minimum Gasteiger partial charge on any atom is -0.493 e. The standard InChI is InChI=1S/C18H23NO2/c1-14-7-6-8-15(2)17(14)21-12-11-18(20,13-19)16-9-4-3-5-10-16/h3-10,20H,11-13,19H2,1-2H3. The lowest BCUT2D eigenvalue weighted by atomic mass is 9.91. The summed E-state index contributed by atoms with van der Waals surface area (Å²) < 4.78 is 5.87. The fraction of sp³-hybridized carbons (Fsp3) is 0.333. The molecule has 0 spiro atoms. The zero-order chi connectivity index (χ0) is 15.3. The van der Waals surface area contributed by atoms with Crippen molar-refractivity contribution in [3.05, 3.63) is 65.2 Å². The molecule has 2 aromatic rings. The van der Waals surface area contributed by atoms with Crippen molar-refractivity contribution < 1.29 is 9.84 Å². The number of benzene rings is 2. The van der Waals surface area contributed by atoms with Crippen LogP contribution in [0.1, 0.15) is 23.1 Å². The Hall–Kier alpha value is -1.84. The monoisotopic (exact) mass is 285 g/mol. The maximum absolute atomic E-state index is 10.7. The SMILES string of the molecule is Cc1cccc(C)c1OCCC(O)(CN)c1ccccc1. The van der Waals surface area contributed by atoms with Gasteiger partial charge in [0.15, 0.2) is 0 Å². The van der Waals surface area contributed by atoms with Crippen LogP contribution in [0.2, 0.25) is 0 Å². The van der Waals surface area contributed by atoms with Gasteiger partial charge in [0, 0.05) is 13.0 Å². The third kappa shape index (κ3) is 3.63. The van der Waals surface area contributed by atoms with Crippen LogP contribution in [0.3, 0.4) is 0 Å². The summed E-state index contributed by atoms with van der Waals surface area (Å²) in [7, 11) is 0. The summed E-state index contributed by atoms with van der Waals surface area (Å²) in [5, 5.41) is 10.7. The zero-order valence-electron chi connectivity index (χ0n) is 12.7. The van der Waals surface area contributed by atoms with E-state index in [-0.39, 0.29) is 6.54 Å². The highest BCUT2D eigenvalue weighted by molar-refractivity contribution is 5.39. The lowest BCUT2D eigenvalue weighted by Crippen LogP contribution is -2.36. The molecule has 3 nitrogen and oxygen atoms in total. The lowest BCUT2D eigenvalue weighted by Gasteiger charge is -2.27. The summed E-state index contributed by atoms with van der Waals surface area (Å²) in [6.45, 7) is 4.64. The Balaban J connectivity index is 2.04. The summed E-state index contributed by atoms with van der Waals surface area (Å²) in [4.78, 5) is 0. The van der Waals surface area contributed by atoms with Gasteiger partial charge in [-0.25, -0.2) is 0 Å². The van der Waals surface area contributed by atoms with Crippen LogP contribution in [-0.4, -0.2) is 18.3 Å². The molecule has 0 fully saturated rings. The van der Waals surface area contributed by atoms with Crippen molar-refractivity contribution in [3.8, 4) is 5.75 Å². The molecule has 0 radical (unpaired) electrons. The van der Waals surface area contributed by atoms with Gasteiger partial charge in [0.25, 0.3) is 0 Å². The number of nitrogens with two attached hydrogens (primary N) is 1. The van der Waals surface area contributed by atoms with E-state index in [1.807, 2.05) is 62.4 Å². The van der Waals surface area contributed by atoms with E-state index >= 15 is 0 Å². The van der Waals surface area contributed by atoms with Crippen molar-refractivity contribution in [2.24, 2.45) is 5.73 Å². The molecule has 0 bridgehead atoms. The molecule has 0 saturated carbocycles. The first-order valence-corrected chi connectivity index (χ1v) is 7.24. The van der Waals surface area contributed by atoms with E-state index in [0.29, 0.717) is 13.0 Å². The molecule has 3 N–H and O–H groups in total. The summed E-state index contributed by atoms with van der Waals surface area (Å²) >= 11 is 0. The highest BCUT2D eigenvalue weighted by Crippen LogP contribution is 2.26. The Kier molecular flexibility index (Phi) is 4.99. The van der Waals surface area contributed by atoms with Crippen LogP contribution in [-0.2, 0) is 5.60 Å². The van der Waals surface area contributed by atoms with Crippen molar-refractivity contribution in [1.29, 1.82) is 0 Å². The Bertz CT molecular complexity index is 563. The van der Waals surface area contributed by atoms with Crippen LogP contribution in [0.4, 0.5) is 0 Å². The number of para-hydroxylation sites is 1. The van der Waals surface area contributed by atoms with Crippen LogP contribution in [0.5, 0.6) is 5.75 Å². The largest absolute Gasteiger partial charge is 0.493 e. The molecule has 0 aliphatic heterocycles. The lowest BCUT2D eigenvalue weighted by molar-refractivity contribution is 0.0231. The second kappa shape index (κ2) is 6.74. The average Bonchev–Trinajstić information content (AvgIpc) is 2.51. The number of hydrogen-bond acceptors (Lipinski definition) is 3. The average molecular weight is 285 g/mol. The van der Waals surface area contributed by atoms with Gasteiger partial charge in [-0.3, -0.25) is 0 Å². The number of aliphatic hydroxyl groups is 1. The topological polar surface area (TPSA) is 55.5 Å². The first-order chi connectivity index (χ1) is 10.1. The number of hydrogen-bond donors (Lipinski definition) is 2. The van der Waals surface area contributed by atoms with Crippen LogP contribution in [0, 0.1) is 13.8 Å². The molecule has 0 aromatic heterocycles. The van der Waals surface area contributed by atoms with Gasteiger partial charge in [-0.05, 0) is 30.5 Å². The smallest absolute Gasteiger partial charge is 0.125 e. The van der Waals surface area contributed by atoms with Gasteiger partial charge in [0.1, 0.15) is 11.4 Å². The third-order valence-corrected chi connectivity index (χ3v) is 3.82. The minimum absolute atomic E-state index is 0.174. The normalized spacial score (nSPS) is 13.7. The van der Waals surface area contributed by atoms with Gasteiger partial charge < -0.3 is 15.6 Å². The van der Waals surface area contributed by atoms with Crippen LogP contribution < -0.4 is 10.5 Å². The molecule has 1 atom stereocenters. The van der Waals surface area contributed by atoms with Crippen molar-refractivity contribution >= 4 is 0 Å². The van der Waals surface area contributed by atoms with Crippen LogP contribution in [0.25, 0.3) is 0 Å². The van der Waals surface area contributed by atoms with E-state index in [9.17, 15) is 5.11 Å². The van der Waals surface area contributed by atoms with Gasteiger partial charge >= 0.3 is 0 Å². The summed E-state index contributed by atoms with van der Waals surface area (Å²) in [6, 6.07) is 15.6. The molecule has 112 valence electrons. The molecular formula is C18H23NO2. The van der Waals surface area contributed by atoms with Gasteiger partial charge in [-0.15, -0.1) is 0 Å². The first-order valence-electron chi connectivity index (χ1n) is 7.24. The second-order valence-corrected chi connectivity index (χ2v) is 5.42. The predicted molar refractivity (Wildman–Crippen MR) is 85.4 cm³/mol. The summed E-state index contributed by atoms with van der Waals surface area (Å²) in [5.41, 5.74) is 7.77. The van der Waals surface area contributed by atoms with E-state index in [2.05, 4.69) is 0 Å². The Labute approximate surface area is 126 Å². The van der Waals surface area contributed by atoms with E-state index in [1.54, 1.807) is 0 Å². The maximum Gasteiger partial charge on any atom is 0.125 e. The molecule has 0 saturated heterocycles. The van der Waals surface area contributed by atoms with Crippen molar-refractivity contribution in [2.75, 3.05) is 13.2 Å². The number of ether oxygens (including phenoxy) is 1. The molecule has 0 heterocycles. The van der Waals surface area contributed by atoms with E-state index in [4.69, 9.17) is 10.5 Å². The molecule has 1 unspecified atom stereocenters. The maximum atomic E-state index is 10.7. The Morgan fingerprint density at radius 2 is 1.62 bits per heavy atom. The fourth-order valence-corrected chi connectivity index (χ4v) is 2.46. The highest BCUT2D eigenvalue weighted by Gasteiger charge is 2.27. The first kappa shape index (κ1) is 15.5. The summed E-state index contributed by atoms with van der Waals surface area (Å²) in [5.74, 6) is 0.893. The Morgan fingerprint density at radius 3 is 2.19 bits per heavy atom. The van der Waals surface area contributed by atoms with Crippen molar-refractivity contribution in [2.45, 2.75) is 25.9 Å². The molecule has 21 heavy (non-hydrogen) atoms. The van der Waals surface area contributed by atoms with E-state index < -0.39 is 5.60 Å². The van der Waals surface area contributed by atoms with E-state index in [0.717, 1.165) is 22.4 Å². The van der Waals surface area contributed by atoms with Gasteiger partial charge in [0.05, 0.1) is 6.61 Å². The Morgan fingerprint density at radius 1 is 1.00 bits per heavy atom. The molecule has 0 amide bonds. The fourth-order valence-electron chi connectivity index (χ4n) is 2.46. The molecule has 2 rings (SSSR count). The molecule has 2 aromatic carbocycles. The number of rotatable bonds is 6. The quantitative estimate of drug-likeness (QED) is 0.858. The molecular weight excluding hydrogens is 262 g/mol. The predicted octanol–water partition coefficient (Wildman–Crippen LogP) is 2.92. The highest BCUT2D eigenvalue weighted by atomic mass is 16.5. The third-order valence-electron chi connectivity index (χ3n) is 3.82. The van der Waals surface area contributed by atoms with Crippen molar-refractivity contribution in [1.82, 2.24) is 0 Å². The summed E-state index contributed by atoms with van der Waals surface area (Å²) in [6.07, 6.45) is 0.460. The zero-order valence-corrected chi connectivity index (χ0v) is 12.7. The van der Waals surface area contributed by atoms with Gasteiger partial charge in [0.2, 0.25) is 0 Å².